The molecule has 0 aliphatic rings. The van der Waals surface area contributed by atoms with Gasteiger partial charge >= 0.3 is 0 Å². The molecule has 0 saturated carbocycles. The molecule has 0 saturated heterocycles. The molecule has 0 radical (unpaired) electrons. The van der Waals surface area contributed by atoms with E-state index in [1.807, 2.05) is 0 Å². The van der Waals surface area contributed by atoms with Crippen LogP contribution in [0.1, 0.15) is 10.4 Å². The van der Waals surface area contributed by atoms with Gasteiger partial charge in [-0.1, -0.05) is 11.6 Å². The van der Waals surface area contributed by atoms with Crippen LogP contribution in [0.15, 0.2) is 36.9 Å². The van der Waals surface area contributed by atoms with E-state index in [0.29, 0.717) is 22.0 Å². The summed E-state index contributed by atoms with van der Waals surface area (Å²) < 4.78 is 0. The molecule has 1 aromatic heterocycles. The number of carbonyl (C=O) groups is 1. The van der Waals surface area contributed by atoms with Crippen LogP contribution in [-0.2, 0) is 0 Å². The van der Waals surface area contributed by atoms with Crippen molar-refractivity contribution in [2.24, 2.45) is 0 Å². The SMILES string of the molecule is Nc1ccc(Cl)c(NC(=O)c2cncnc2)c1. The molecule has 1 amide bonds. The molecule has 3 N–H and O–H groups in total. The van der Waals surface area contributed by atoms with Crippen molar-refractivity contribution < 1.29 is 4.79 Å². The number of benzene rings is 1. The van der Waals surface area contributed by atoms with E-state index in [-0.39, 0.29) is 5.91 Å². The molecule has 0 unspecified atom stereocenters. The Hall–Kier alpha value is -2.14. The fraction of sp³-hybridized carbons (Fsp3) is 0. The number of aromatic nitrogens is 2. The molecular formula is C11H9ClN4O. The molecule has 2 aromatic rings. The summed E-state index contributed by atoms with van der Waals surface area (Å²) in [6, 6.07) is 4.86. The van der Waals surface area contributed by atoms with Crippen molar-refractivity contribution in [1.29, 1.82) is 0 Å². The van der Waals surface area contributed by atoms with Gasteiger partial charge in [-0.25, -0.2) is 9.97 Å². The number of hydrogen-bond acceptors (Lipinski definition) is 4. The lowest BCUT2D eigenvalue weighted by Crippen LogP contribution is -2.13. The van der Waals surface area contributed by atoms with Crippen LogP contribution in [0.4, 0.5) is 11.4 Å². The first-order valence-corrected chi connectivity index (χ1v) is 5.16. The smallest absolute Gasteiger partial charge is 0.258 e. The maximum atomic E-state index is 11.8. The summed E-state index contributed by atoms with van der Waals surface area (Å²) in [4.78, 5) is 19.3. The van der Waals surface area contributed by atoms with Gasteiger partial charge in [-0.15, -0.1) is 0 Å². The highest BCUT2D eigenvalue weighted by Gasteiger charge is 2.08. The number of halogens is 1. The molecular weight excluding hydrogens is 240 g/mol. The van der Waals surface area contributed by atoms with Gasteiger partial charge in [-0.05, 0) is 18.2 Å². The van der Waals surface area contributed by atoms with Crippen LogP contribution < -0.4 is 11.1 Å². The Morgan fingerprint density at radius 3 is 2.71 bits per heavy atom. The third-order valence-electron chi connectivity index (χ3n) is 2.06. The van der Waals surface area contributed by atoms with Crippen molar-refractivity contribution in [3.8, 4) is 0 Å². The largest absolute Gasteiger partial charge is 0.399 e. The van der Waals surface area contributed by atoms with Crippen LogP contribution in [0.25, 0.3) is 0 Å². The van der Waals surface area contributed by atoms with Gasteiger partial charge in [0.05, 0.1) is 16.3 Å². The number of nitrogens with one attached hydrogen (secondary N) is 1. The highest BCUT2D eigenvalue weighted by Crippen LogP contribution is 2.24. The zero-order valence-corrected chi connectivity index (χ0v) is 9.48. The van der Waals surface area contributed by atoms with E-state index in [2.05, 4.69) is 15.3 Å². The summed E-state index contributed by atoms with van der Waals surface area (Å²) in [7, 11) is 0. The van der Waals surface area contributed by atoms with E-state index in [0.717, 1.165) is 0 Å². The first kappa shape index (κ1) is 11.3. The average Bonchev–Trinajstić information content (AvgIpc) is 2.35. The van der Waals surface area contributed by atoms with Crippen LogP contribution in [-0.4, -0.2) is 15.9 Å². The number of rotatable bonds is 2. The third kappa shape index (κ3) is 2.70. The highest BCUT2D eigenvalue weighted by atomic mass is 35.5. The predicted molar refractivity (Wildman–Crippen MR) is 65.8 cm³/mol. The molecule has 1 aromatic carbocycles. The van der Waals surface area contributed by atoms with Crippen LogP contribution in [0.5, 0.6) is 0 Å². The van der Waals surface area contributed by atoms with E-state index in [4.69, 9.17) is 17.3 Å². The van der Waals surface area contributed by atoms with Crippen molar-refractivity contribution in [3.63, 3.8) is 0 Å². The topological polar surface area (TPSA) is 80.9 Å². The van der Waals surface area contributed by atoms with Crippen molar-refractivity contribution in [3.05, 3.63) is 47.5 Å². The lowest BCUT2D eigenvalue weighted by molar-refractivity contribution is 0.102. The summed E-state index contributed by atoms with van der Waals surface area (Å²) in [5.74, 6) is -0.335. The number of nitrogens with two attached hydrogens (primary N) is 1. The fourth-order valence-electron chi connectivity index (χ4n) is 1.25. The summed E-state index contributed by atoms with van der Waals surface area (Å²) in [6.07, 6.45) is 4.19. The second-order valence-corrected chi connectivity index (χ2v) is 3.73. The van der Waals surface area contributed by atoms with Crippen LogP contribution in [0.2, 0.25) is 5.02 Å². The zero-order chi connectivity index (χ0) is 12.3. The van der Waals surface area contributed by atoms with E-state index in [1.165, 1.54) is 18.7 Å². The van der Waals surface area contributed by atoms with Crippen LogP contribution in [0.3, 0.4) is 0 Å². The summed E-state index contributed by atoms with van der Waals surface area (Å²) in [6.45, 7) is 0. The minimum absolute atomic E-state index is 0.335. The van der Waals surface area contributed by atoms with Crippen molar-refractivity contribution >= 4 is 28.9 Å². The van der Waals surface area contributed by atoms with E-state index < -0.39 is 0 Å². The fourth-order valence-corrected chi connectivity index (χ4v) is 1.41. The van der Waals surface area contributed by atoms with Gasteiger partial charge < -0.3 is 11.1 Å². The number of carbonyl (C=O) groups excluding carboxylic acids is 1. The second kappa shape index (κ2) is 4.80. The molecule has 0 bridgehead atoms. The van der Waals surface area contributed by atoms with E-state index in [1.54, 1.807) is 18.2 Å². The molecule has 1 heterocycles. The number of hydrogen-bond donors (Lipinski definition) is 2. The Bertz CT molecular complexity index is 544. The van der Waals surface area contributed by atoms with E-state index >= 15 is 0 Å². The quantitative estimate of drug-likeness (QED) is 0.796. The van der Waals surface area contributed by atoms with Gasteiger partial charge in [0.2, 0.25) is 0 Å². The Kier molecular flexibility index (Phi) is 3.20. The number of nitrogen functional groups attached to an aromatic ring is 1. The molecule has 0 aliphatic carbocycles. The standard InChI is InChI=1S/C11H9ClN4O/c12-9-2-1-8(13)3-10(9)16-11(17)7-4-14-6-15-5-7/h1-6H,13H2,(H,16,17). The average molecular weight is 249 g/mol. The van der Waals surface area contributed by atoms with Gasteiger partial charge in [0.15, 0.2) is 0 Å². The van der Waals surface area contributed by atoms with Gasteiger partial charge in [-0.3, -0.25) is 4.79 Å². The molecule has 0 atom stereocenters. The predicted octanol–water partition coefficient (Wildman–Crippen LogP) is 1.96. The maximum absolute atomic E-state index is 11.8. The van der Waals surface area contributed by atoms with Gasteiger partial charge in [0.25, 0.3) is 5.91 Å². The first-order chi connectivity index (χ1) is 8.16. The normalized spacial score (nSPS) is 9.94. The van der Waals surface area contributed by atoms with E-state index in [9.17, 15) is 4.79 Å². The number of amides is 1. The number of anilines is 2. The Morgan fingerprint density at radius 2 is 2.00 bits per heavy atom. The maximum Gasteiger partial charge on any atom is 0.258 e. The molecule has 0 fully saturated rings. The molecule has 17 heavy (non-hydrogen) atoms. The van der Waals surface area contributed by atoms with Gasteiger partial charge in [-0.2, -0.15) is 0 Å². The molecule has 5 nitrogen and oxygen atoms in total. The van der Waals surface area contributed by atoms with Gasteiger partial charge in [0, 0.05) is 18.1 Å². The Labute approximate surface area is 103 Å². The minimum atomic E-state index is -0.335. The van der Waals surface area contributed by atoms with Gasteiger partial charge in [0.1, 0.15) is 6.33 Å². The monoisotopic (exact) mass is 248 g/mol. The second-order valence-electron chi connectivity index (χ2n) is 3.32. The summed E-state index contributed by atoms with van der Waals surface area (Å²) in [5.41, 5.74) is 6.94. The lowest BCUT2D eigenvalue weighted by atomic mass is 10.2. The molecule has 86 valence electrons. The third-order valence-corrected chi connectivity index (χ3v) is 2.39. The Morgan fingerprint density at radius 1 is 1.29 bits per heavy atom. The molecule has 0 spiro atoms. The van der Waals surface area contributed by atoms with Crippen LogP contribution in [0, 0.1) is 0 Å². The van der Waals surface area contributed by atoms with Crippen molar-refractivity contribution in [1.82, 2.24) is 9.97 Å². The Balaban J connectivity index is 2.22. The minimum Gasteiger partial charge on any atom is -0.399 e. The number of nitrogens with zero attached hydrogens (tertiary/aromatic N) is 2. The zero-order valence-electron chi connectivity index (χ0n) is 8.72. The molecule has 0 aliphatic heterocycles. The van der Waals surface area contributed by atoms with Crippen molar-refractivity contribution in [2.75, 3.05) is 11.1 Å². The van der Waals surface area contributed by atoms with Crippen molar-refractivity contribution in [2.45, 2.75) is 0 Å². The first-order valence-electron chi connectivity index (χ1n) is 4.78. The lowest BCUT2D eigenvalue weighted by Gasteiger charge is -2.07. The summed E-state index contributed by atoms with van der Waals surface area (Å²) >= 11 is 5.93. The highest BCUT2D eigenvalue weighted by molar-refractivity contribution is 6.34. The summed E-state index contributed by atoms with van der Waals surface area (Å²) in [5, 5.41) is 3.06. The molecule has 2 rings (SSSR count). The molecule has 6 heteroatoms. The van der Waals surface area contributed by atoms with Crippen LogP contribution >= 0.6 is 11.6 Å².